The van der Waals surface area contributed by atoms with Crippen LogP contribution in [0.5, 0.6) is 0 Å². The smallest absolute Gasteiger partial charge is 0.238 e. The van der Waals surface area contributed by atoms with E-state index in [1.165, 1.54) is 6.20 Å². The maximum Gasteiger partial charge on any atom is 0.238 e. The predicted octanol–water partition coefficient (Wildman–Crippen LogP) is 0.482. The molecule has 2 heterocycles. The molecule has 0 radical (unpaired) electrons. The number of fused-ring (bicyclic) bond motifs is 1. The number of hydrogen-bond acceptors (Lipinski definition) is 4. The van der Waals surface area contributed by atoms with Crippen LogP contribution >= 0.6 is 10.7 Å². The van der Waals surface area contributed by atoms with Crippen molar-refractivity contribution in [3.05, 3.63) is 17.7 Å². The van der Waals surface area contributed by atoms with Crippen molar-refractivity contribution < 1.29 is 13.2 Å². The molecule has 2 rings (SSSR count). The molecular weight excluding hydrogens is 228 g/mol. The van der Waals surface area contributed by atoms with Crippen LogP contribution in [-0.2, 0) is 32.7 Å². The number of rotatable bonds is 2. The van der Waals surface area contributed by atoms with Gasteiger partial charge in [-0.3, -0.25) is 0 Å². The van der Waals surface area contributed by atoms with E-state index in [2.05, 4.69) is 4.98 Å². The van der Waals surface area contributed by atoms with Gasteiger partial charge in [0, 0.05) is 23.4 Å². The Bertz CT molecular complexity index is 440. The van der Waals surface area contributed by atoms with Crippen molar-refractivity contribution in [2.45, 2.75) is 18.9 Å². The summed E-state index contributed by atoms with van der Waals surface area (Å²) in [7, 11) is 1.66. The van der Waals surface area contributed by atoms with Crippen molar-refractivity contribution in [1.82, 2.24) is 9.55 Å². The van der Waals surface area contributed by atoms with Crippen LogP contribution in [-0.4, -0.2) is 24.6 Å². The second-order valence-electron chi connectivity index (χ2n) is 3.05. The highest BCUT2D eigenvalue weighted by atomic mass is 35.7. The van der Waals surface area contributed by atoms with Crippen molar-refractivity contribution in [1.29, 1.82) is 0 Å². The monoisotopic (exact) mass is 236 g/mol. The Morgan fingerprint density at radius 1 is 1.64 bits per heavy atom. The lowest BCUT2D eigenvalue weighted by Gasteiger charge is -2.16. The van der Waals surface area contributed by atoms with Crippen molar-refractivity contribution in [2.24, 2.45) is 0 Å². The van der Waals surface area contributed by atoms with E-state index in [0.29, 0.717) is 25.5 Å². The van der Waals surface area contributed by atoms with Gasteiger partial charge in [0.2, 0.25) is 9.05 Å². The Balaban J connectivity index is 2.31. The molecule has 0 bridgehead atoms. The summed E-state index contributed by atoms with van der Waals surface area (Å²) in [6.07, 6.45) is 1.53. The fraction of sp³-hybridized carbons (Fsp3) is 0.571. The first-order chi connectivity index (χ1) is 6.56. The van der Waals surface area contributed by atoms with Crippen molar-refractivity contribution >= 4 is 19.7 Å². The molecule has 14 heavy (non-hydrogen) atoms. The summed E-state index contributed by atoms with van der Waals surface area (Å²) in [6, 6.07) is 0. The molecule has 0 unspecified atom stereocenters. The molecule has 1 aliphatic rings. The molecular formula is C7H9ClN2O3S. The molecule has 1 aromatic rings. The Hall–Kier alpha value is -0.590. The standard InChI is InChI=1S/C7H9ClN2O3S/c8-14(11,12)5-6-3-9-7-4-13-2-1-10(6)7/h3H,1-2,4-5H2. The lowest BCUT2D eigenvalue weighted by Crippen LogP contribution is -2.19. The van der Waals surface area contributed by atoms with Gasteiger partial charge in [-0.1, -0.05) is 0 Å². The second kappa shape index (κ2) is 3.52. The van der Waals surface area contributed by atoms with Gasteiger partial charge in [0.1, 0.15) is 18.2 Å². The number of halogens is 1. The first kappa shape index (κ1) is 9.95. The molecule has 78 valence electrons. The average molecular weight is 237 g/mol. The molecule has 7 heteroatoms. The summed E-state index contributed by atoms with van der Waals surface area (Å²) in [6.45, 7) is 1.65. The van der Waals surface area contributed by atoms with Crippen LogP contribution in [0.3, 0.4) is 0 Å². The van der Waals surface area contributed by atoms with Crippen LogP contribution in [0.4, 0.5) is 0 Å². The van der Waals surface area contributed by atoms with Gasteiger partial charge in [-0.05, 0) is 0 Å². The Labute approximate surface area is 86.1 Å². The highest BCUT2D eigenvalue weighted by molar-refractivity contribution is 8.13. The van der Waals surface area contributed by atoms with Gasteiger partial charge < -0.3 is 9.30 Å². The van der Waals surface area contributed by atoms with E-state index in [9.17, 15) is 8.42 Å². The minimum atomic E-state index is -3.51. The molecule has 5 nitrogen and oxygen atoms in total. The van der Waals surface area contributed by atoms with Gasteiger partial charge in [0.15, 0.2) is 0 Å². The third kappa shape index (κ3) is 2.08. The van der Waals surface area contributed by atoms with Gasteiger partial charge in [0.25, 0.3) is 0 Å². The third-order valence-electron chi connectivity index (χ3n) is 2.03. The number of aromatic nitrogens is 2. The van der Waals surface area contributed by atoms with Crippen LogP contribution in [0.15, 0.2) is 6.20 Å². The van der Waals surface area contributed by atoms with E-state index in [4.69, 9.17) is 15.4 Å². The second-order valence-corrected chi connectivity index (χ2v) is 5.83. The molecule has 0 amide bonds. The fourth-order valence-corrected chi connectivity index (χ4v) is 2.37. The quantitative estimate of drug-likeness (QED) is 0.701. The lowest BCUT2D eigenvalue weighted by molar-refractivity contribution is 0.0808. The minimum absolute atomic E-state index is 0.179. The summed E-state index contributed by atoms with van der Waals surface area (Å²) in [4.78, 5) is 4.06. The van der Waals surface area contributed by atoms with Crippen LogP contribution in [0.1, 0.15) is 11.5 Å². The maximum absolute atomic E-state index is 10.9. The largest absolute Gasteiger partial charge is 0.372 e. The van der Waals surface area contributed by atoms with E-state index in [0.717, 1.165) is 5.82 Å². The molecule has 0 N–H and O–H groups in total. The van der Waals surface area contributed by atoms with E-state index in [1.807, 2.05) is 4.57 Å². The van der Waals surface area contributed by atoms with E-state index in [1.54, 1.807) is 0 Å². The van der Waals surface area contributed by atoms with Gasteiger partial charge in [-0.2, -0.15) is 0 Å². The first-order valence-corrected chi connectivity index (χ1v) is 6.57. The molecule has 0 aromatic carbocycles. The van der Waals surface area contributed by atoms with E-state index >= 15 is 0 Å². The van der Waals surface area contributed by atoms with E-state index < -0.39 is 9.05 Å². The third-order valence-corrected chi connectivity index (χ3v) is 3.00. The van der Waals surface area contributed by atoms with Crippen molar-refractivity contribution in [2.75, 3.05) is 6.61 Å². The molecule has 1 aromatic heterocycles. The zero-order chi connectivity index (χ0) is 10.2. The molecule has 0 aliphatic carbocycles. The topological polar surface area (TPSA) is 61.2 Å². The predicted molar refractivity (Wildman–Crippen MR) is 50.4 cm³/mol. The van der Waals surface area contributed by atoms with E-state index in [-0.39, 0.29) is 5.75 Å². The molecule has 0 saturated heterocycles. The Morgan fingerprint density at radius 3 is 3.14 bits per heavy atom. The van der Waals surface area contributed by atoms with Gasteiger partial charge in [0.05, 0.1) is 12.3 Å². The van der Waals surface area contributed by atoms with Crippen LogP contribution < -0.4 is 0 Å². The van der Waals surface area contributed by atoms with Gasteiger partial charge >= 0.3 is 0 Å². The summed E-state index contributed by atoms with van der Waals surface area (Å²) < 4.78 is 28.8. The number of imidazole rings is 1. The SMILES string of the molecule is O=S(=O)(Cl)Cc1cnc2n1CCOC2. The highest BCUT2D eigenvalue weighted by Gasteiger charge is 2.17. The molecule has 0 spiro atoms. The average Bonchev–Trinajstić information content (AvgIpc) is 2.47. The van der Waals surface area contributed by atoms with Crippen molar-refractivity contribution in [3.8, 4) is 0 Å². The summed E-state index contributed by atoms with van der Waals surface area (Å²) >= 11 is 0. The molecule has 0 atom stereocenters. The van der Waals surface area contributed by atoms with Gasteiger partial charge in [-0.15, -0.1) is 0 Å². The zero-order valence-corrected chi connectivity index (χ0v) is 8.88. The Kier molecular flexibility index (Phi) is 2.50. The molecule has 1 aliphatic heterocycles. The van der Waals surface area contributed by atoms with Crippen LogP contribution in [0, 0.1) is 0 Å². The summed E-state index contributed by atoms with van der Waals surface area (Å²) in [5.74, 6) is 0.577. The minimum Gasteiger partial charge on any atom is -0.372 e. The number of ether oxygens (including phenoxy) is 1. The highest BCUT2D eigenvalue weighted by Crippen LogP contribution is 2.15. The van der Waals surface area contributed by atoms with Gasteiger partial charge in [-0.25, -0.2) is 13.4 Å². The molecule has 0 saturated carbocycles. The Morgan fingerprint density at radius 2 is 2.43 bits per heavy atom. The molecule has 0 fully saturated rings. The summed E-state index contributed by atoms with van der Waals surface area (Å²) in [5.41, 5.74) is 0.623. The number of hydrogen-bond donors (Lipinski definition) is 0. The van der Waals surface area contributed by atoms with Crippen molar-refractivity contribution in [3.63, 3.8) is 0 Å². The maximum atomic E-state index is 10.9. The fourth-order valence-electron chi connectivity index (χ4n) is 1.45. The zero-order valence-electron chi connectivity index (χ0n) is 7.31. The van der Waals surface area contributed by atoms with Crippen LogP contribution in [0.25, 0.3) is 0 Å². The normalized spacial score (nSPS) is 16.6. The number of nitrogens with zero attached hydrogens (tertiary/aromatic N) is 2. The lowest BCUT2D eigenvalue weighted by atomic mass is 10.4. The summed E-state index contributed by atoms with van der Waals surface area (Å²) in [5, 5.41) is 0. The first-order valence-electron chi connectivity index (χ1n) is 4.09. The van der Waals surface area contributed by atoms with Crippen LogP contribution in [0.2, 0.25) is 0 Å².